The van der Waals surface area contributed by atoms with Crippen LogP contribution in [0.3, 0.4) is 0 Å². The molecular formula is C19H28N4O3. The summed E-state index contributed by atoms with van der Waals surface area (Å²) in [6.45, 7) is 5.35. The van der Waals surface area contributed by atoms with E-state index in [1.165, 1.54) is 0 Å². The molecule has 7 nitrogen and oxygen atoms in total. The molecule has 3 rings (SSSR count). The van der Waals surface area contributed by atoms with Gasteiger partial charge < -0.3 is 24.8 Å². The van der Waals surface area contributed by atoms with Crippen LogP contribution in [0, 0.1) is 0 Å². The maximum Gasteiger partial charge on any atom is 0.249 e. The molecule has 2 saturated heterocycles. The minimum atomic E-state index is -0.431. The summed E-state index contributed by atoms with van der Waals surface area (Å²) in [7, 11) is 2.06. The van der Waals surface area contributed by atoms with E-state index in [9.17, 15) is 9.59 Å². The summed E-state index contributed by atoms with van der Waals surface area (Å²) in [5, 5.41) is 3.24. The maximum atomic E-state index is 12.9. The van der Waals surface area contributed by atoms with Crippen molar-refractivity contribution < 1.29 is 14.3 Å². The zero-order chi connectivity index (χ0) is 18.4. The van der Waals surface area contributed by atoms with Crippen molar-refractivity contribution in [2.45, 2.75) is 12.6 Å². The number of nitrogens with zero attached hydrogens (tertiary/aromatic N) is 3. The second-order valence-corrected chi connectivity index (χ2v) is 6.91. The van der Waals surface area contributed by atoms with Gasteiger partial charge in [-0.3, -0.25) is 9.59 Å². The van der Waals surface area contributed by atoms with Gasteiger partial charge in [-0.2, -0.15) is 0 Å². The van der Waals surface area contributed by atoms with Gasteiger partial charge in [0.05, 0.1) is 6.61 Å². The number of ether oxygens (including phenoxy) is 1. The first-order valence-electron chi connectivity index (χ1n) is 9.24. The summed E-state index contributed by atoms with van der Waals surface area (Å²) < 4.78 is 5.58. The van der Waals surface area contributed by atoms with Crippen molar-refractivity contribution in [1.82, 2.24) is 20.0 Å². The van der Waals surface area contributed by atoms with E-state index >= 15 is 0 Å². The first-order valence-corrected chi connectivity index (χ1v) is 9.24. The number of carbonyl (C=O) groups is 2. The van der Waals surface area contributed by atoms with Crippen LogP contribution in [0.1, 0.15) is 5.56 Å². The van der Waals surface area contributed by atoms with E-state index in [-0.39, 0.29) is 18.4 Å². The normalized spacial score (nSPS) is 21.7. The van der Waals surface area contributed by atoms with Gasteiger partial charge in [-0.1, -0.05) is 30.3 Å². The molecule has 2 fully saturated rings. The molecular weight excluding hydrogens is 332 g/mol. The Labute approximate surface area is 154 Å². The number of rotatable bonds is 5. The van der Waals surface area contributed by atoms with Crippen molar-refractivity contribution in [2.75, 3.05) is 59.5 Å². The second-order valence-electron chi connectivity index (χ2n) is 6.91. The smallest absolute Gasteiger partial charge is 0.249 e. The topological polar surface area (TPSA) is 65.1 Å². The lowest BCUT2D eigenvalue weighted by atomic mass is 10.1. The van der Waals surface area contributed by atoms with E-state index in [4.69, 9.17) is 4.74 Å². The van der Waals surface area contributed by atoms with E-state index in [0.717, 1.165) is 31.7 Å². The Morgan fingerprint density at radius 1 is 1.12 bits per heavy atom. The molecule has 0 spiro atoms. The summed E-state index contributed by atoms with van der Waals surface area (Å²) in [4.78, 5) is 31.3. The highest BCUT2D eigenvalue weighted by Gasteiger charge is 2.35. The van der Waals surface area contributed by atoms with Crippen LogP contribution in [-0.2, 0) is 20.9 Å². The van der Waals surface area contributed by atoms with Crippen molar-refractivity contribution >= 4 is 11.8 Å². The fraction of sp³-hybridized carbons (Fsp3) is 0.579. The Balaban J connectivity index is 1.54. The molecule has 2 aliphatic heterocycles. The summed E-state index contributed by atoms with van der Waals surface area (Å²) in [6.07, 6.45) is 0. The van der Waals surface area contributed by atoms with Crippen LogP contribution in [0.5, 0.6) is 0 Å². The minimum absolute atomic E-state index is 0.00140. The van der Waals surface area contributed by atoms with Gasteiger partial charge >= 0.3 is 0 Å². The number of hydrogen-bond donors (Lipinski definition) is 1. The Kier molecular flexibility index (Phi) is 6.60. The fourth-order valence-electron chi connectivity index (χ4n) is 3.37. The van der Waals surface area contributed by atoms with Crippen molar-refractivity contribution in [3.8, 4) is 0 Å². The molecule has 0 radical (unpaired) electrons. The Morgan fingerprint density at radius 2 is 1.85 bits per heavy atom. The number of carbonyl (C=O) groups excluding carboxylic acids is 2. The SMILES string of the molecule is CN1CCN(C(=O)[C@@H]2CNCCN2C(=O)COCc2ccccc2)CC1. The fourth-order valence-corrected chi connectivity index (χ4v) is 3.37. The van der Waals surface area contributed by atoms with Crippen LogP contribution in [0.15, 0.2) is 30.3 Å². The van der Waals surface area contributed by atoms with E-state index in [0.29, 0.717) is 26.2 Å². The molecule has 0 saturated carbocycles. The Morgan fingerprint density at radius 3 is 2.58 bits per heavy atom. The molecule has 1 aromatic carbocycles. The Hall–Kier alpha value is -1.96. The molecule has 1 N–H and O–H groups in total. The van der Waals surface area contributed by atoms with E-state index in [1.807, 2.05) is 35.2 Å². The van der Waals surface area contributed by atoms with Crippen molar-refractivity contribution in [2.24, 2.45) is 0 Å². The largest absolute Gasteiger partial charge is 0.367 e. The van der Waals surface area contributed by atoms with Gasteiger partial charge in [0.15, 0.2) is 0 Å². The number of amides is 2. The van der Waals surface area contributed by atoms with Gasteiger partial charge in [0.25, 0.3) is 0 Å². The molecule has 2 aliphatic rings. The average Bonchev–Trinajstić information content (AvgIpc) is 2.69. The molecule has 0 unspecified atom stereocenters. The average molecular weight is 360 g/mol. The minimum Gasteiger partial charge on any atom is -0.367 e. The molecule has 1 aromatic rings. The number of benzene rings is 1. The van der Waals surface area contributed by atoms with Crippen LogP contribution in [0.2, 0.25) is 0 Å². The number of hydrogen-bond acceptors (Lipinski definition) is 5. The lowest BCUT2D eigenvalue weighted by molar-refractivity contribution is -0.150. The van der Waals surface area contributed by atoms with Crippen LogP contribution in [0.4, 0.5) is 0 Å². The third kappa shape index (κ3) is 4.81. The zero-order valence-corrected chi connectivity index (χ0v) is 15.4. The summed E-state index contributed by atoms with van der Waals surface area (Å²) in [5.41, 5.74) is 1.03. The lowest BCUT2D eigenvalue weighted by Crippen LogP contribution is -2.62. The highest BCUT2D eigenvalue weighted by molar-refractivity contribution is 5.88. The van der Waals surface area contributed by atoms with E-state index in [2.05, 4.69) is 17.3 Å². The van der Waals surface area contributed by atoms with Gasteiger partial charge in [0.1, 0.15) is 12.6 Å². The number of piperazine rings is 2. The van der Waals surface area contributed by atoms with Crippen LogP contribution < -0.4 is 5.32 Å². The molecule has 2 amide bonds. The summed E-state index contributed by atoms with van der Waals surface area (Å²) in [6, 6.07) is 9.34. The molecule has 7 heteroatoms. The van der Waals surface area contributed by atoms with Gasteiger partial charge in [0.2, 0.25) is 11.8 Å². The summed E-state index contributed by atoms with van der Waals surface area (Å²) >= 11 is 0. The quantitative estimate of drug-likeness (QED) is 0.786. The monoisotopic (exact) mass is 360 g/mol. The predicted molar refractivity (Wildman–Crippen MR) is 98.5 cm³/mol. The van der Waals surface area contributed by atoms with Crippen LogP contribution in [-0.4, -0.2) is 92.0 Å². The predicted octanol–water partition coefficient (Wildman–Crippen LogP) is -0.222. The van der Waals surface area contributed by atoms with Gasteiger partial charge in [-0.25, -0.2) is 0 Å². The second kappa shape index (κ2) is 9.12. The van der Waals surface area contributed by atoms with Gasteiger partial charge in [0, 0.05) is 45.8 Å². The first-order chi connectivity index (χ1) is 12.6. The highest BCUT2D eigenvalue weighted by atomic mass is 16.5. The molecule has 142 valence electrons. The van der Waals surface area contributed by atoms with E-state index < -0.39 is 6.04 Å². The van der Waals surface area contributed by atoms with Crippen LogP contribution >= 0.6 is 0 Å². The van der Waals surface area contributed by atoms with Crippen molar-refractivity contribution in [3.05, 3.63) is 35.9 Å². The van der Waals surface area contributed by atoms with Gasteiger partial charge in [-0.05, 0) is 12.6 Å². The molecule has 0 aliphatic carbocycles. The van der Waals surface area contributed by atoms with Gasteiger partial charge in [-0.15, -0.1) is 0 Å². The standard InChI is InChI=1S/C19H28N4O3/c1-21-9-11-22(12-10-21)19(25)17-13-20-7-8-23(17)18(24)15-26-14-16-5-3-2-4-6-16/h2-6,17,20H,7-15H2,1H3/t17-/m0/s1. The molecule has 0 bridgehead atoms. The maximum absolute atomic E-state index is 12.9. The van der Waals surface area contributed by atoms with Crippen molar-refractivity contribution in [1.29, 1.82) is 0 Å². The third-order valence-corrected chi connectivity index (χ3v) is 5.00. The molecule has 2 heterocycles. The lowest BCUT2D eigenvalue weighted by Gasteiger charge is -2.40. The summed E-state index contributed by atoms with van der Waals surface area (Å²) in [5.74, 6) is -0.0726. The first kappa shape index (κ1) is 18.8. The Bertz CT molecular complexity index is 602. The number of likely N-dealkylation sites (N-methyl/N-ethyl adjacent to an activating group) is 1. The number of nitrogens with one attached hydrogen (secondary N) is 1. The molecule has 0 aromatic heterocycles. The molecule has 1 atom stereocenters. The van der Waals surface area contributed by atoms with Crippen molar-refractivity contribution in [3.63, 3.8) is 0 Å². The molecule has 26 heavy (non-hydrogen) atoms. The van der Waals surface area contributed by atoms with Crippen LogP contribution in [0.25, 0.3) is 0 Å². The highest BCUT2D eigenvalue weighted by Crippen LogP contribution is 2.11. The van der Waals surface area contributed by atoms with E-state index in [1.54, 1.807) is 4.90 Å². The zero-order valence-electron chi connectivity index (χ0n) is 15.4. The third-order valence-electron chi connectivity index (χ3n) is 5.00.